The number of likely N-dealkylation sites (tertiary alicyclic amines) is 1. The molecular weight excluding hydrogens is 329 g/mol. The fraction of sp³-hybridized carbons (Fsp3) is 0.471. The predicted molar refractivity (Wildman–Crippen MR) is 89.2 cm³/mol. The Labute approximate surface area is 144 Å². The maximum atomic E-state index is 13.6. The van der Waals surface area contributed by atoms with Gasteiger partial charge in [-0.25, -0.2) is 4.39 Å². The van der Waals surface area contributed by atoms with E-state index in [-0.39, 0.29) is 23.9 Å². The van der Waals surface area contributed by atoms with Crippen LogP contribution in [0.4, 0.5) is 4.39 Å². The molecule has 1 aromatic heterocycles. The van der Waals surface area contributed by atoms with Gasteiger partial charge in [0.1, 0.15) is 5.82 Å². The van der Waals surface area contributed by atoms with Crippen LogP contribution in [-0.4, -0.2) is 39.8 Å². The fourth-order valence-electron chi connectivity index (χ4n) is 2.80. The van der Waals surface area contributed by atoms with Crippen LogP contribution in [-0.2, 0) is 11.2 Å². The van der Waals surface area contributed by atoms with E-state index in [1.807, 2.05) is 4.90 Å². The highest BCUT2D eigenvalue weighted by atomic mass is 32.2. The van der Waals surface area contributed by atoms with Crippen molar-refractivity contribution < 1.29 is 13.6 Å². The van der Waals surface area contributed by atoms with Crippen molar-refractivity contribution >= 4 is 17.7 Å². The highest BCUT2D eigenvalue weighted by Crippen LogP contribution is 2.21. The summed E-state index contributed by atoms with van der Waals surface area (Å²) in [5.74, 6) is 0.999. The molecule has 1 amide bonds. The molecule has 0 radical (unpaired) electrons. The summed E-state index contributed by atoms with van der Waals surface area (Å²) in [5, 5.41) is 8.20. The number of aromatic nitrogens is 2. The molecule has 0 bridgehead atoms. The van der Waals surface area contributed by atoms with Crippen molar-refractivity contribution in [2.24, 2.45) is 5.92 Å². The number of hydrogen-bond acceptors (Lipinski definition) is 5. The zero-order valence-electron chi connectivity index (χ0n) is 13.6. The summed E-state index contributed by atoms with van der Waals surface area (Å²) in [6, 6.07) is 6.50. The highest BCUT2D eigenvalue weighted by molar-refractivity contribution is 7.99. The van der Waals surface area contributed by atoms with Gasteiger partial charge < -0.3 is 9.32 Å². The van der Waals surface area contributed by atoms with Crippen molar-refractivity contribution in [2.45, 2.75) is 31.4 Å². The van der Waals surface area contributed by atoms with E-state index in [1.54, 1.807) is 18.2 Å². The van der Waals surface area contributed by atoms with E-state index in [9.17, 15) is 9.18 Å². The Morgan fingerprint density at radius 3 is 3.04 bits per heavy atom. The highest BCUT2D eigenvalue weighted by Gasteiger charge is 2.21. The topological polar surface area (TPSA) is 59.2 Å². The van der Waals surface area contributed by atoms with Gasteiger partial charge in [-0.3, -0.25) is 4.79 Å². The molecule has 24 heavy (non-hydrogen) atoms. The number of hydrogen-bond donors (Lipinski definition) is 0. The quantitative estimate of drug-likeness (QED) is 0.776. The number of carbonyl (C=O) groups excluding carboxylic acids is 1. The number of benzene rings is 1. The largest absolute Gasteiger partial charge is 0.416 e. The second kappa shape index (κ2) is 7.79. The third-order valence-electron chi connectivity index (χ3n) is 4.08. The minimum absolute atomic E-state index is 0.0976. The van der Waals surface area contributed by atoms with Crippen LogP contribution in [0.5, 0.6) is 0 Å². The van der Waals surface area contributed by atoms with Gasteiger partial charge in [-0.15, -0.1) is 10.2 Å². The normalized spacial score (nSPS) is 17.9. The molecule has 0 N–H and O–H groups in total. The minimum atomic E-state index is -0.292. The van der Waals surface area contributed by atoms with Crippen LogP contribution < -0.4 is 0 Å². The number of amides is 1. The third kappa shape index (κ3) is 4.35. The van der Waals surface area contributed by atoms with Crippen LogP contribution in [0.3, 0.4) is 0 Å². The van der Waals surface area contributed by atoms with Crippen molar-refractivity contribution in [3.8, 4) is 0 Å². The minimum Gasteiger partial charge on any atom is -0.416 e. The van der Waals surface area contributed by atoms with Gasteiger partial charge in [-0.1, -0.05) is 36.9 Å². The molecule has 1 unspecified atom stereocenters. The van der Waals surface area contributed by atoms with Gasteiger partial charge in [-0.05, 0) is 30.4 Å². The molecular formula is C17H20FN3O2S. The zero-order valence-corrected chi connectivity index (χ0v) is 14.4. The van der Waals surface area contributed by atoms with E-state index >= 15 is 0 Å². The van der Waals surface area contributed by atoms with Crippen molar-refractivity contribution in [3.05, 3.63) is 41.5 Å². The summed E-state index contributed by atoms with van der Waals surface area (Å²) >= 11 is 1.23. The lowest BCUT2D eigenvalue weighted by Crippen LogP contribution is -2.40. The molecule has 3 rings (SSSR count). The molecule has 0 spiro atoms. The Morgan fingerprint density at radius 1 is 1.42 bits per heavy atom. The van der Waals surface area contributed by atoms with Crippen LogP contribution >= 0.6 is 11.8 Å². The standard InChI is InChI=1S/C17H20FN3O2S/c1-12-5-4-8-21(10-12)16(22)11-24-17-20-19-15(23-17)9-13-6-2-3-7-14(13)18/h2-3,6-7,12H,4-5,8-11H2,1H3. The summed E-state index contributed by atoms with van der Waals surface area (Å²) in [5.41, 5.74) is 0.510. The van der Waals surface area contributed by atoms with E-state index in [4.69, 9.17) is 4.42 Å². The Balaban J connectivity index is 1.53. The Morgan fingerprint density at radius 2 is 2.25 bits per heavy atom. The van der Waals surface area contributed by atoms with Gasteiger partial charge >= 0.3 is 0 Å². The van der Waals surface area contributed by atoms with Gasteiger partial charge in [0.05, 0.1) is 12.2 Å². The van der Waals surface area contributed by atoms with Crippen LogP contribution in [0.1, 0.15) is 31.2 Å². The number of thioether (sulfide) groups is 1. The molecule has 1 fully saturated rings. The Kier molecular flexibility index (Phi) is 5.50. The summed E-state index contributed by atoms with van der Waals surface area (Å²) in [6.45, 7) is 3.81. The summed E-state index contributed by atoms with van der Waals surface area (Å²) < 4.78 is 19.1. The SMILES string of the molecule is CC1CCCN(C(=O)CSc2nnc(Cc3ccccc3F)o2)C1. The van der Waals surface area contributed by atoms with E-state index in [0.29, 0.717) is 22.6 Å². The van der Waals surface area contributed by atoms with Crippen LogP contribution in [0.2, 0.25) is 0 Å². The van der Waals surface area contributed by atoms with Crippen molar-refractivity contribution in [3.63, 3.8) is 0 Å². The number of halogens is 1. The molecule has 1 saturated heterocycles. The van der Waals surface area contributed by atoms with Crippen LogP contribution in [0.25, 0.3) is 0 Å². The van der Waals surface area contributed by atoms with Crippen molar-refractivity contribution in [2.75, 3.05) is 18.8 Å². The molecule has 1 atom stereocenters. The van der Waals surface area contributed by atoms with Crippen molar-refractivity contribution in [1.29, 1.82) is 0 Å². The zero-order chi connectivity index (χ0) is 16.9. The molecule has 1 aliphatic rings. The molecule has 2 heterocycles. The summed E-state index contributed by atoms with van der Waals surface area (Å²) in [6.07, 6.45) is 2.49. The number of rotatable bonds is 5. The third-order valence-corrected chi connectivity index (χ3v) is 4.88. The smallest absolute Gasteiger partial charge is 0.277 e. The lowest BCUT2D eigenvalue weighted by molar-refractivity contribution is -0.130. The van der Waals surface area contributed by atoms with Gasteiger partial charge in [-0.2, -0.15) is 0 Å². The Bertz CT molecular complexity index is 707. The second-order valence-electron chi connectivity index (χ2n) is 6.11. The summed E-state index contributed by atoms with van der Waals surface area (Å²) in [4.78, 5) is 14.1. The van der Waals surface area contributed by atoms with Gasteiger partial charge in [0, 0.05) is 13.1 Å². The van der Waals surface area contributed by atoms with Crippen LogP contribution in [0, 0.1) is 11.7 Å². The van der Waals surface area contributed by atoms with E-state index in [2.05, 4.69) is 17.1 Å². The van der Waals surface area contributed by atoms with Crippen molar-refractivity contribution in [1.82, 2.24) is 15.1 Å². The van der Waals surface area contributed by atoms with Gasteiger partial charge in [0.15, 0.2) is 0 Å². The molecule has 5 nitrogen and oxygen atoms in total. The van der Waals surface area contributed by atoms with Gasteiger partial charge in [0.25, 0.3) is 5.22 Å². The first-order chi connectivity index (χ1) is 11.6. The maximum absolute atomic E-state index is 13.6. The first-order valence-corrected chi connectivity index (χ1v) is 9.06. The average molecular weight is 349 g/mol. The molecule has 128 valence electrons. The number of carbonyl (C=O) groups is 1. The predicted octanol–water partition coefficient (Wildman–Crippen LogP) is 3.15. The molecule has 2 aromatic rings. The fourth-order valence-corrected chi connectivity index (χ4v) is 3.49. The molecule has 0 aliphatic carbocycles. The summed E-state index contributed by atoms with van der Waals surface area (Å²) in [7, 11) is 0. The average Bonchev–Trinajstić information content (AvgIpc) is 3.02. The molecule has 1 aliphatic heterocycles. The molecule has 1 aromatic carbocycles. The van der Waals surface area contributed by atoms with Gasteiger partial charge in [0.2, 0.25) is 11.8 Å². The van der Waals surface area contributed by atoms with Crippen LogP contribution in [0.15, 0.2) is 33.9 Å². The molecule has 0 saturated carbocycles. The van der Waals surface area contributed by atoms with E-state index < -0.39 is 0 Å². The number of piperidine rings is 1. The molecule has 7 heteroatoms. The Hall–Kier alpha value is -1.89. The van der Waals surface area contributed by atoms with E-state index in [0.717, 1.165) is 19.5 Å². The first kappa shape index (κ1) is 17.0. The lowest BCUT2D eigenvalue weighted by atomic mass is 10.0. The van der Waals surface area contributed by atoms with E-state index in [1.165, 1.54) is 24.2 Å². The maximum Gasteiger partial charge on any atom is 0.277 e. The number of nitrogens with zero attached hydrogens (tertiary/aromatic N) is 3. The first-order valence-electron chi connectivity index (χ1n) is 8.08. The lowest BCUT2D eigenvalue weighted by Gasteiger charge is -2.30. The monoisotopic (exact) mass is 349 g/mol. The second-order valence-corrected chi connectivity index (χ2v) is 7.03.